The topological polar surface area (TPSA) is 111 Å². The van der Waals surface area contributed by atoms with Crippen molar-refractivity contribution in [1.29, 1.82) is 0 Å². The molecule has 1 aromatic carbocycles. The molecule has 0 radical (unpaired) electrons. The number of aryl methyl sites for hydroxylation is 1. The van der Waals surface area contributed by atoms with Crippen molar-refractivity contribution in [2.45, 2.75) is 23.8 Å². The van der Waals surface area contributed by atoms with Crippen LogP contribution < -0.4 is 15.6 Å². The van der Waals surface area contributed by atoms with Gasteiger partial charge in [-0.15, -0.1) is 0 Å². The Morgan fingerprint density at radius 2 is 1.79 bits per heavy atom. The summed E-state index contributed by atoms with van der Waals surface area (Å²) in [6.07, 6.45) is 0.986. The SMILES string of the molecule is COc1ccc(S(=O)(=O)N2CCC(NC(=O)c3ccc(=O)n(C)n3)CC2)cc1. The Morgan fingerprint density at radius 1 is 1.14 bits per heavy atom. The fourth-order valence-corrected chi connectivity index (χ4v) is 4.49. The first-order chi connectivity index (χ1) is 13.3. The van der Waals surface area contributed by atoms with E-state index in [1.165, 1.54) is 42.7 Å². The van der Waals surface area contributed by atoms with Gasteiger partial charge in [-0.25, -0.2) is 13.1 Å². The minimum Gasteiger partial charge on any atom is -0.497 e. The van der Waals surface area contributed by atoms with Crippen LogP contribution in [0.1, 0.15) is 23.3 Å². The van der Waals surface area contributed by atoms with Crippen LogP contribution in [-0.2, 0) is 17.1 Å². The second-order valence-electron chi connectivity index (χ2n) is 6.51. The number of benzene rings is 1. The maximum atomic E-state index is 12.8. The number of aromatic nitrogens is 2. The Kier molecular flexibility index (Phi) is 5.80. The number of sulfonamides is 1. The summed E-state index contributed by atoms with van der Waals surface area (Å²) in [5, 5.41) is 6.78. The molecule has 1 N–H and O–H groups in total. The highest BCUT2D eigenvalue weighted by Gasteiger charge is 2.30. The van der Waals surface area contributed by atoms with E-state index in [-0.39, 0.29) is 28.1 Å². The molecular weight excluding hydrogens is 384 g/mol. The summed E-state index contributed by atoms with van der Waals surface area (Å²) >= 11 is 0. The van der Waals surface area contributed by atoms with Crippen LogP contribution in [0.25, 0.3) is 0 Å². The number of ether oxygens (including phenoxy) is 1. The van der Waals surface area contributed by atoms with Crippen LogP contribution in [0.5, 0.6) is 5.75 Å². The molecule has 0 bridgehead atoms. The van der Waals surface area contributed by atoms with Gasteiger partial charge in [0.25, 0.3) is 11.5 Å². The maximum Gasteiger partial charge on any atom is 0.271 e. The number of methoxy groups -OCH3 is 1. The summed E-state index contributed by atoms with van der Waals surface area (Å²) in [4.78, 5) is 23.9. The van der Waals surface area contributed by atoms with Crippen molar-refractivity contribution in [2.24, 2.45) is 7.05 Å². The highest BCUT2D eigenvalue weighted by Crippen LogP contribution is 2.22. The van der Waals surface area contributed by atoms with Gasteiger partial charge in [-0.05, 0) is 43.2 Å². The highest BCUT2D eigenvalue weighted by molar-refractivity contribution is 7.89. The molecule has 0 saturated carbocycles. The molecule has 150 valence electrons. The number of carbonyl (C=O) groups is 1. The molecule has 0 unspecified atom stereocenters. The molecule has 10 heteroatoms. The van der Waals surface area contributed by atoms with E-state index in [1.54, 1.807) is 12.1 Å². The quantitative estimate of drug-likeness (QED) is 0.768. The summed E-state index contributed by atoms with van der Waals surface area (Å²) in [6.45, 7) is 0.611. The summed E-state index contributed by atoms with van der Waals surface area (Å²) in [5.74, 6) is 0.208. The van der Waals surface area contributed by atoms with Crippen LogP contribution >= 0.6 is 0 Å². The Bertz CT molecular complexity index is 1010. The smallest absolute Gasteiger partial charge is 0.271 e. The van der Waals surface area contributed by atoms with Gasteiger partial charge >= 0.3 is 0 Å². The van der Waals surface area contributed by atoms with Gasteiger partial charge in [0.15, 0.2) is 0 Å². The lowest BCUT2D eigenvalue weighted by molar-refractivity contribution is 0.0916. The standard InChI is InChI=1S/C18H22N4O5S/c1-21-17(23)8-7-16(20-21)18(24)19-13-9-11-22(12-10-13)28(25,26)15-5-3-14(27-2)4-6-15/h3-8,13H,9-12H2,1-2H3,(H,19,24). The monoisotopic (exact) mass is 406 g/mol. The van der Waals surface area contributed by atoms with Gasteiger partial charge in [-0.2, -0.15) is 9.40 Å². The molecular formula is C18H22N4O5S. The van der Waals surface area contributed by atoms with E-state index in [0.717, 1.165) is 4.68 Å². The van der Waals surface area contributed by atoms with Gasteiger partial charge in [0.05, 0.1) is 12.0 Å². The number of carbonyl (C=O) groups excluding carboxylic acids is 1. The van der Waals surface area contributed by atoms with E-state index < -0.39 is 10.0 Å². The van der Waals surface area contributed by atoms with Crippen molar-refractivity contribution in [3.63, 3.8) is 0 Å². The van der Waals surface area contributed by atoms with Gasteiger partial charge < -0.3 is 10.1 Å². The largest absolute Gasteiger partial charge is 0.497 e. The molecule has 1 aliphatic rings. The van der Waals surface area contributed by atoms with Gasteiger partial charge in [-0.3, -0.25) is 9.59 Å². The molecule has 3 rings (SSSR count). The fourth-order valence-electron chi connectivity index (χ4n) is 3.02. The molecule has 0 aliphatic carbocycles. The van der Waals surface area contributed by atoms with Crippen molar-refractivity contribution < 1.29 is 17.9 Å². The third kappa shape index (κ3) is 4.23. The van der Waals surface area contributed by atoms with E-state index in [2.05, 4.69) is 10.4 Å². The average Bonchev–Trinajstić information content (AvgIpc) is 2.70. The highest BCUT2D eigenvalue weighted by atomic mass is 32.2. The second-order valence-corrected chi connectivity index (χ2v) is 8.45. The number of rotatable bonds is 5. The van der Waals surface area contributed by atoms with Crippen molar-refractivity contribution in [3.05, 3.63) is 52.4 Å². The molecule has 0 spiro atoms. The number of amides is 1. The van der Waals surface area contributed by atoms with Crippen molar-refractivity contribution in [3.8, 4) is 5.75 Å². The molecule has 1 aliphatic heterocycles. The van der Waals surface area contributed by atoms with E-state index in [4.69, 9.17) is 4.74 Å². The summed E-state index contributed by atoms with van der Waals surface area (Å²) < 4.78 is 33.1. The Morgan fingerprint density at radius 3 is 2.36 bits per heavy atom. The lowest BCUT2D eigenvalue weighted by atomic mass is 10.1. The van der Waals surface area contributed by atoms with E-state index >= 15 is 0 Å². The van der Waals surface area contributed by atoms with Crippen molar-refractivity contribution in [1.82, 2.24) is 19.4 Å². The Balaban J connectivity index is 1.61. The fraction of sp³-hybridized carbons (Fsp3) is 0.389. The first-order valence-corrected chi connectivity index (χ1v) is 10.2. The molecule has 9 nitrogen and oxygen atoms in total. The molecule has 1 fully saturated rings. The predicted octanol–water partition coefficient (Wildman–Crippen LogP) is 0.372. The molecule has 0 atom stereocenters. The minimum absolute atomic E-state index is 0.149. The zero-order chi connectivity index (χ0) is 20.3. The molecule has 2 aromatic rings. The van der Waals surface area contributed by atoms with Crippen LogP contribution in [0.15, 0.2) is 46.1 Å². The zero-order valence-electron chi connectivity index (χ0n) is 15.7. The third-order valence-electron chi connectivity index (χ3n) is 4.68. The van der Waals surface area contributed by atoms with E-state index in [0.29, 0.717) is 31.7 Å². The van der Waals surface area contributed by atoms with Crippen LogP contribution in [0.3, 0.4) is 0 Å². The lowest BCUT2D eigenvalue weighted by Gasteiger charge is -2.31. The van der Waals surface area contributed by atoms with E-state index in [9.17, 15) is 18.0 Å². The third-order valence-corrected chi connectivity index (χ3v) is 6.59. The molecule has 28 heavy (non-hydrogen) atoms. The van der Waals surface area contributed by atoms with Crippen LogP contribution in [0.4, 0.5) is 0 Å². The molecule has 2 heterocycles. The number of nitrogens with one attached hydrogen (secondary N) is 1. The number of nitrogens with zero attached hydrogens (tertiary/aromatic N) is 3. The summed E-state index contributed by atoms with van der Waals surface area (Å²) in [6, 6.07) is 8.77. The Hall–Kier alpha value is -2.72. The zero-order valence-corrected chi connectivity index (χ0v) is 16.5. The predicted molar refractivity (Wildman–Crippen MR) is 102 cm³/mol. The van der Waals surface area contributed by atoms with Crippen LogP contribution in [0, 0.1) is 0 Å². The summed E-state index contributed by atoms with van der Waals surface area (Å²) in [5.41, 5.74) is -0.149. The Labute approximate surface area is 163 Å². The van der Waals surface area contributed by atoms with Crippen LogP contribution in [-0.4, -0.2) is 54.7 Å². The maximum absolute atomic E-state index is 12.8. The van der Waals surface area contributed by atoms with Crippen molar-refractivity contribution >= 4 is 15.9 Å². The number of hydrogen-bond donors (Lipinski definition) is 1. The van der Waals surface area contributed by atoms with Gasteiger partial charge in [0.1, 0.15) is 11.4 Å². The first kappa shape index (κ1) is 20.0. The minimum atomic E-state index is -3.59. The molecule has 1 saturated heterocycles. The molecule has 1 aromatic heterocycles. The van der Waals surface area contributed by atoms with E-state index in [1.807, 2.05) is 0 Å². The average molecular weight is 406 g/mol. The summed E-state index contributed by atoms with van der Waals surface area (Å²) in [7, 11) is -0.592. The van der Waals surface area contributed by atoms with Crippen LogP contribution in [0.2, 0.25) is 0 Å². The number of piperidine rings is 1. The van der Waals surface area contributed by atoms with Gasteiger partial charge in [-0.1, -0.05) is 0 Å². The van der Waals surface area contributed by atoms with Gasteiger partial charge in [0, 0.05) is 32.2 Å². The first-order valence-electron chi connectivity index (χ1n) is 8.80. The molecule has 1 amide bonds. The lowest BCUT2D eigenvalue weighted by Crippen LogP contribution is -2.46. The van der Waals surface area contributed by atoms with Crippen molar-refractivity contribution in [2.75, 3.05) is 20.2 Å². The normalized spacial score (nSPS) is 15.9. The number of hydrogen-bond acceptors (Lipinski definition) is 6. The van der Waals surface area contributed by atoms with Gasteiger partial charge in [0.2, 0.25) is 10.0 Å². The second kappa shape index (κ2) is 8.11.